The Balaban J connectivity index is 1.96. The van der Waals surface area contributed by atoms with Gasteiger partial charge in [-0.25, -0.2) is 0 Å². The molecule has 0 saturated heterocycles. The van der Waals surface area contributed by atoms with E-state index in [0.717, 1.165) is 16.8 Å². The van der Waals surface area contributed by atoms with Crippen LogP contribution < -0.4 is 10.1 Å². The fraction of sp³-hybridized carbons (Fsp3) is 0.200. The molecule has 0 aliphatic carbocycles. The summed E-state index contributed by atoms with van der Waals surface area (Å²) in [5.41, 5.74) is 3.00. The zero-order chi connectivity index (χ0) is 14.6. The molecule has 0 unspecified atom stereocenters. The minimum atomic E-state index is -4.65. The number of rotatable bonds is 4. The second kappa shape index (κ2) is 5.86. The Labute approximate surface area is 115 Å². The van der Waals surface area contributed by atoms with Crippen LogP contribution in [0.25, 0.3) is 0 Å². The van der Waals surface area contributed by atoms with Crippen molar-refractivity contribution in [3.8, 4) is 5.75 Å². The molecule has 2 nitrogen and oxygen atoms in total. The molecule has 106 valence electrons. The van der Waals surface area contributed by atoms with Crippen LogP contribution in [0.4, 0.5) is 18.9 Å². The van der Waals surface area contributed by atoms with Gasteiger partial charge in [0.1, 0.15) is 5.75 Å². The van der Waals surface area contributed by atoms with Crippen LogP contribution in [-0.4, -0.2) is 6.36 Å². The molecule has 2 aromatic rings. The lowest BCUT2D eigenvalue weighted by Crippen LogP contribution is -2.17. The first-order valence-corrected chi connectivity index (χ1v) is 6.08. The van der Waals surface area contributed by atoms with Crippen LogP contribution in [0, 0.1) is 6.92 Å². The monoisotopic (exact) mass is 281 g/mol. The summed E-state index contributed by atoms with van der Waals surface area (Å²) in [6.07, 6.45) is -4.65. The van der Waals surface area contributed by atoms with E-state index in [0.29, 0.717) is 6.54 Å². The zero-order valence-electron chi connectivity index (χ0n) is 10.9. The Morgan fingerprint density at radius 1 is 1.00 bits per heavy atom. The lowest BCUT2D eigenvalue weighted by molar-refractivity contribution is -0.274. The van der Waals surface area contributed by atoms with Crippen LogP contribution in [0.1, 0.15) is 11.1 Å². The normalized spacial score (nSPS) is 11.2. The molecule has 0 heterocycles. The van der Waals surface area contributed by atoms with Gasteiger partial charge in [-0.05, 0) is 36.2 Å². The highest BCUT2D eigenvalue weighted by molar-refractivity contribution is 5.50. The highest BCUT2D eigenvalue weighted by Gasteiger charge is 2.30. The highest BCUT2D eigenvalue weighted by Crippen LogP contribution is 2.23. The van der Waals surface area contributed by atoms with Crippen LogP contribution in [-0.2, 0) is 6.54 Å². The van der Waals surface area contributed by atoms with E-state index in [-0.39, 0.29) is 5.75 Å². The molecular formula is C15H14F3NO. The summed E-state index contributed by atoms with van der Waals surface area (Å²) in [5.74, 6) is -0.211. The Hall–Kier alpha value is -2.17. The number of hydrogen-bond donors (Lipinski definition) is 1. The average molecular weight is 281 g/mol. The zero-order valence-corrected chi connectivity index (χ0v) is 10.9. The maximum atomic E-state index is 12.0. The summed E-state index contributed by atoms with van der Waals surface area (Å²) < 4.78 is 39.9. The first kappa shape index (κ1) is 14.2. The standard InChI is InChI=1S/C15H14F3NO/c1-11-4-2-3-5-14(11)19-10-12-6-8-13(9-7-12)20-15(16,17)18/h2-9,19H,10H2,1H3. The quantitative estimate of drug-likeness (QED) is 0.890. The lowest BCUT2D eigenvalue weighted by Gasteiger charge is -2.11. The first-order valence-electron chi connectivity index (χ1n) is 6.08. The van der Waals surface area contributed by atoms with E-state index >= 15 is 0 Å². The van der Waals surface area contributed by atoms with Gasteiger partial charge in [0.15, 0.2) is 0 Å². The Morgan fingerprint density at radius 2 is 1.65 bits per heavy atom. The predicted molar refractivity (Wildman–Crippen MR) is 71.6 cm³/mol. The SMILES string of the molecule is Cc1ccccc1NCc1ccc(OC(F)(F)F)cc1. The molecule has 0 atom stereocenters. The average Bonchev–Trinajstić information content (AvgIpc) is 2.38. The van der Waals surface area contributed by atoms with Gasteiger partial charge in [0.2, 0.25) is 0 Å². The van der Waals surface area contributed by atoms with Crippen LogP contribution in [0.3, 0.4) is 0 Å². The van der Waals surface area contributed by atoms with Crippen molar-refractivity contribution < 1.29 is 17.9 Å². The molecule has 0 saturated carbocycles. The fourth-order valence-corrected chi connectivity index (χ4v) is 1.78. The predicted octanol–water partition coefficient (Wildman–Crippen LogP) is 4.51. The molecule has 0 aliphatic rings. The van der Waals surface area contributed by atoms with Crippen LogP contribution in [0.5, 0.6) is 5.75 Å². The molecule has 0 bridgehead atoms. The number of para-hydroxylation sites is 1. The van der Waals surface area contributed by atoms with Crippen LogP contribution in [0.2, 0.25) is 0 Å². The van der Waals surface area contributed by atoms with Gasteiger partial charge in [0, 0.05) is 12.2 Å². The van der Waals surface area contributed by atoms with E-state index < -0.39 is 6.36 Å². The van der Waals surface area contributed by atoms with E-state index in [2.05, 4.69) is 10.1 Å². The molecule has 20 heavy (non-hydrogen) atoms. The number of halogens is 3. The van der Waals surface area contributed by atoms with E-state index in [4.69, 9.17) is 0 Å². The van der Waals surface area contributed by atoms with Gasteiger partial charge < -0.3 is 10.1 Å². The Kier molecular flexibility index (Phi) is 4.17. The maximum absolute atomic E-state index is 12.0. The van der Waals surface area contributed by atoms with Crippen molar-refractivity contribution >= 4 is 5.69 Å². The van der Waals surface area contributed by atoms with Crippen molar-refractivity contribution in [2.45, 2.75) is 19.8 Å². The fourth-order valence-electron chi connectivity index (χ4n) is 1.78. The van der Waals surface area contributed by atoms with Crippen molar-refractivity contribution in [3.05, 3.63) is 59.7 Å². The summed E-state index contributed by atoms with van der Waals surface area (Å²) in [5, 5.41) is 3.23. The molecule has 0 amide bonds. The van der Waals surface area contributed by atoms with Gasteiger partial charge in [0.25, 0.3) is 0 Å². The molecule has 0 fully saturated rings. The minimum Gasteiger partial charge on any atom is -0.406 e. The molecule has 2 rings (SSSR count). The van der Waals surface area contributed by atoms with Crippen molar-refractivity contribution in [2.75, 3.05) is 5.32 Å². The number of anilines is 1. The number of hydrogen-bond acceptors (Lipinski definition) is 2. The lowest BCUT2D eigenvalue weighted by atomic mass is 10.1. The second-order valence-corrected chi connectivity index (χ2v) is 4.36. The number of ether oxygens (including phenoxy) is 1. The maximum Gasteiger partial charge on any atom is 0.573 e. The molecule has 0 aliphatic heterocycles. The van der Waals surface area contributed by atoms with Gasteiger partial charge >= 0.3 is 6.36 Å². The molecule has 0 aromatic heterocycles. The number of nitrogens with one attached hydrogen (secondary N) is 1. The van der Waals surface area contributed by atoms with E-state index in [1.54, 1.807) is 12.1 Å². The smallest absolute Gasteiger partial charge is 0.406 e. The molecule has 5 heteroatoms. The number of benzene rings is 2. The molecular weight excluding hydrogens is 267 g/mol. The number of alkyl halides is 3. The van der Waals surface area contributed by atoms with Gasteiger partial charge in [0.05, 0.1) is 0 Å². The van der Waals surface area contributed by atoms with Gasteiger partial charge in [-0.15, -0.1) is 13.2 Å². The first-order chi connectivity index (χ1) is 9.44. The summed E-state index contributed by atoms with van der Waals surface area (Å²) in [7, 11) is 0. The molecule has 0 spiro atoms. The highest BCUT2D eigenvalue weighted by atomic mass is 19.4. The van der Waals surface area contributed by atoms with Crippen LogP contribution >= 0.6 is 0 Å². The largest absolute Gasteiger partial charge is 0.573 e. The van der Waals surface area contributed by atoms with Crippen molar-refractivity contribution in [1.82, 2.24) is 0 Å². The van der Waals surface area contributed by atoms with Crippen molar-refractivity contribution in [1.29, 1.82) is 0 Å². The summed E-state index contributed by atoms with van der Waals surface area (Å²) in [4.78, 5) is 0. The summed E-state index contributed by atoms with van der Waals surface area (Å²) in [6.45, 7) is 2.53. The van der Waals surface area contributed by atoms with E-state index in [1.165, 1.54) is 12.1 Å². The second-order valence-electron chi connectivity index (χ2n) is 4.36. The molecule has 0 radical (unpaired) electrons. The van der Waals surface area contributed by atoms with Crippen molar-refractivity contribution in [2.24, 2.45) is 0 Å². The Bertz CT molecular complexity index is 564. The third-order valence-corrected chi connectivity index (χ3v) is 2.78. The van der Waals surface area contributed by atoms with E-state index in [1.807, 2.05) is 31.2 Å². The summed E-state index contributed by atoms with van der Waals surface area (Å²) in [6, 6.07) is 13.6. The topological polar surface area (TPSA) is 21.3 Å². The Morgan fingerprint density at radius 3 is 2.25 bits per heavy atom. The van der Waals surface area contributed by atoms with Crippen molar-refractivity contribution in [3.63, 3.8) is 0 Å². The van der Waals surface area contributed by atoms with Gasteiger partial charge in [-0.3, -0.25) is 0 Å². The third kappa shape index (κ3) is 4.19. The minimum absolute atomic E-state index is 0.211. The van der Waals surface area contributed by atoms with Crippen LogP contribution in [0.15, 0.2) is 48.5 Å². The number of aryl methyl sites for hydroxylation is 1. The van der Waals surface area contributed by atoms with Gasteiger partial charge in [-0.1, -0.05) is 30.3 Å². The molecule has 1 N–H and O–H groups in total. The third-order valence-electron chi connectivity index (χ3n) is 2.78. The van der Waals surface area contributed by atoms with E-state index in [9.17, 15) is 13.2 Å². The van der Waals surface area contributed by atoms with Gasteiger partial charge in [-0.2, -0.15) is 0 Å². The molecule has 2 aromatic carbocycles. The summed E-state index contributed by atoms with van der Waals surface area (Å²) >= 11 is 0.